The number of hydrogen-bond acceptors (Lipinski definition) is 5. The number of aromatic amines is 1. The first-order valence-corrected chi connectivity index (χ1v) is 11.8. The number of hydrogen-bond donors (Lipinski definition) is 2. The molecular weight excluding hydrogens is 456 g/mol. The van der Waals surface area contributed by atoms with E-state index in [4.69, 9.17) is 18.9 Å². The van der Waals surface area contributed by atoms with Crippen molar-refractivity contribution in [3.05, 3.63) is 83.6 Å². The second-order valence-corrected chi connectivity index (χ2v) is 8.48. The first-order chi connectivity index (χ1) is 17.6. The van der Waals surface area contributed by atoms with Crippen molar-refractivity contribution in [3.8, 4) is 23.0 Å². The number of rotatable bonds is 11. The number of carbonyl (C=O) groups is 1. The summed E-state index contributed by atoms with van der Waals surface area (Å²) in [6.07, 6.45) is 2.94. The van der Waals surface area contributed by atoms with E-state index < -0.39 is 0 Å². The zero-order valence-electron chi connectivity index (χ0n) is 21.1. The molecule has 0 aliphatic heterocycles. The fraction of sp³-hybridized carbons (Fsp3) is 0.276. The molecule has 4 aromatic rings. The van der Waals surface area contributed by atoms with E-state index in [1.165, 1.54) is 0 Å². The summed E-state index contributed by atoms with van der Waals surface area (Å²) in [6.45, 7) is 0.510. The highest BCUT2D eigenvalue weighted by atomic mass is 16.5. The molecule has 0 aliphatic rings. The van der Waals surface area contributed by atoms with Crippen LogP contribution in [0, 0.1) is 0 Å². The van der Waals surface area contributed by atoms with Gasteiger partial charge in [-0.15, -0.1) is 0 Å². The van der Waals surface area contributed by atoms with Crippen LogP contribution >= 0.6 is 0 Å². The molecule has 1 atom stereocenters. The number of aromatic nitrogens is 1. The first kappa shape index (κ1) is 25.0. The molecule has 4 rings (SSSR count). The maximum absolute atomic E-state index is 13.2. The van der Waals surface area contributed by atoms with E-state index in [0.717, 1.165) is 27.6 Å². The van der Waals surface area contributed by atoms with Crippen LogP contribution < -0.4 is 24.3 Å². The Kier molecular flexibility index (Phi) is 8.00. The van der Waals surface area contributed by atoms with E-state index in [2.05, 4.69) is 16.4 Å². The Morgan fingerprint density at radius 3 is 2.28 bits per heavy atom. The van der Waals surface area contributed by atoms with Crippen LogP contribution in [0.15, 0.2) is 66.9 Å². The van der Waals surface area contributed by atoms with Crippen molar-refractivity contribution >= 4 is 16.8 Å². The van der Waals surface area contributed by atoms with Crippen LogP contribution in [0.25, 0.3) is 10.9 Å². The van der Waals surface area contributed by atoms with Gasteiger partial charge in [0, 0.05) is 42.0 Å². The van der Waals surface area contributed by atoms with Crippen molar-refractivity contribution in [2.24, 2.45) is 0 Å². The third-order valence-electron chi connectivity index (χ3n) is 6.35. The topological polar surface area (TPSA) is 81.8 Å². The van der Waals surface area contributed by atoms with Gasteiger partial charge in [-0.1, -0.05) is 24.3 Å². The summed E-state index contributed by atoms with van der Waals surface area (Å²) in [5.74, 6) is 2.50. The average molecular weight is 489 g/mol. The molecule has 0 spiro atoms. The van der Waals surface area contributed by atoms with E-state index in [1.807, 2.05) is 60.8 Å². The summed E-state index contributed by atoms with van der Waals surface area (Å²) >= 11 is 0. The largest absolute Gasteiger partial charge is 0.497 e. The van der Waals surface area contributed by atoms with Crippen molar-refractivity contribution in [2.45, 2.75) is 18.8 Å². The molecule has 1 aromatic heterocycles. The molecule has 0 bridgehead atoms. The summed E-state index contributed by atoms with van der Waals surface area (Å²) in [5, 5.41) is 4.17. The number of benzene rings is 3. The lowest BCUT2D eigenvalue weighted by molar-refractivity contribution is -0.121. The van der Waals surface area contributed by atoms with Crippen molar-refractivity contribution in [2.75, 3.05) is 35.0 Å². The zero-order valence-corrected chi connectivity index (χ0v) is 21.1. The van der Waals surface area contributed by atoms with Crippen LogP contribution in [-0.4, -0.2) is 45.9 Å². The number of carbonyl (C=O) groups excluding carboxylic acids is 1. The summed E-state index contributed by atoms with van der Waals surface area (Å²) in [5.41, 5.74) is 4.09. The summed E-state index contributed by atoms with van der Waals surface area (Å²) < 4.78 is 21.7. The SMILES string of the molecule is COc1cc(OC)cc(C(CC(=O)NCCc2ccc(OC)c(OC)c2)c2c[nH]c3ccccc23)c1. The molecule has 36 heavy (non-hydrogen) atoms. The highest BCUT2D eigenvalue weighted by molar-refractivity contribution is 5.86. The second kappa shape index (κ2) is 11.5. The fourth-order valence-corrected chi connectivity index (χ4v) is 4.46. The van der Waals surface area contributed by atoms with Gasteiger partial charge >= 0.3 is 0 Å². The monoisotopic (exact) mass is 488 g/mol. The van der Waals surface area contributed by atoms with E-state index >= 15 is 0 Å². The Balaban J connectivity index is 1.54. The number of para-hydroxylation sites is 1. The minimum atomic E-state index is -0.189. The van der Waals surface area contributed by atoms with Crippen LogP contribution in [0.3, 0.4) is 0 Å². The standard InChI is InChI=1S/C29H32N2O5/c1-33-21-14-20(15-22(16-21)34-2)24(25-18-31-26-8-6-5-7-23(25)26)17-29(32)30-12-11-19-9-10-27(35-3)28(13-19)36-4/h5-10,13-16,18,24,31H,11-12,17H2,1-4H3,(H,30,32). The van der Waals surface area contributed by atoms with Crippen LogP contribution in [0.4, 0.5) is 0 Å². The predicted molar refractivity (Wildman–Crippen MR) is 141 cm³/mol. The number of H-pyrrole nitrogens is 1. The van der Waals surface area contributed by atoms with Crippen LogP contribution in [0.2, 0.25) is 0 Å². The third-order valence-corrected chi connectivity index (χ3v) is 6.35. The third kappa shape index (κ3) is 5.57. The Morgan fingerprint density at radius 1 is 0.861 bits per heavy atom. The maximum Gasteiger partial charge on any atom is 0.220 e. The quantitative estimate of drug-likeness (QED) is 0.308. The molecule has 7 nitrogen and oxygen atoms in total. The molecule has 0 fully saturated rings. The molecule has 188 valence electrons. The van der Waals surface area contributed by atoms with Gasteiger partial charge in [0.2, 0.25) is 5.91 Å². The van der Waals surface area contributed by atoms with E-state index in [1.54, 1.807) is 28.4 Å². The molecule has 1 heterocycles. The lowest BCUT2D eigenvalue weighted by Crippen LogP contribution is -2.27. The highest BCUT2D eigenvalue weighted by Gasteiger charge is 2.23. The Morgan fingerprint density at radius 2 is 1.58 bits per heavy atom. The predicted octanol–water partition coefficient (Wildman–Crippen LogP) is 5.08. The molecule has 1 unspecified atom stereocenters. The molecule has 7 heteroatoms. The lowest BCUT2D eigenvalue weighted by atomic mass is 9.87. The van der Waals surface area contributed by atoms with Gasteiger partial charge in [0.05, 0.1) is 28.4 Å². The zero-order chi connectivity index (χ0) is 25.5. The molecule has 0 aliphatic carbocycles. The molecule has 0 radical (unpaired) electrons. The Bertz CT molecular complexity index is 1310. The Hall–Kier alpha value is -4.13. The molecular formula is C29H32N2O5. The van der Waals surface area contributed by atoms with E-state index in [0.29, 0.717) is 36.0 Å². The molecule has 0 saturated carbocycles. The molecule has 1 amide bonds. The molecule has 3 aromatic carbocycles. The van der Waals surface area contributed by atoms with Gasteiger partial charge in [-0.3, -0.25) is 4.79 Å². The van der Waals surface area contributed by atoms with Crippen LogP contribution in [0.1, 0.15) is 29.0 Å². The Labute approximate surface area is 211 Å². The number of nitrogens with one attached hydrogen (secondary N) is 2. The second-order valence-electron chi connectivity index (χ2n) is 8.48. The smallest absolute Gasteiger partial charge is 0.220 e. The van der Waals surface area contributed by atoms with Gasteiger partial charge in [-0.25, -0.2) is 0 Å². The molecule has 0 saturated heterocycles. The summed E-state index contributed by atoms with van der Waals surface area (Å²) in [7, 11) is 6.47. The number of fused-ring (bicyclic) bond motifs is 1. The van der Waals surface area contributed by atoms with Gasteiger partial charge in [-0.2, -0.15) is 0 Å². The number of ether oxygens (including phenoxy) is 4. The van der Waals surface area contributed by atoms with Crippen LogP contribution in [0.5, 0.6) is 23.0 Å². The highest BCUT2D eigenvalue weighted by Crippen LogP contribution is 2.37. The van der Waals surface area contributed by atoms with Gasteiger partial charge in [-0.05, 0) is 53.4 Å². The maximum atomic E-state index is 13.2. The van der Waals surface area contributed by atoms with Crippen molar-refractivity contribution in [1.82, 2.24) is 10.3 Å². The minimum absolute atomic E-state index is 0.0347. The van der Waals surface area contributed by atoms with Crippen molar-refractivity contribution < 1.29 is 23.7 Å². The summed E-state index contributed by atoms with van der Waals surface area (Å²) in [6, 6.07) is 19.6. The number of methoxy groups -OCH3 is 4. The average Bonchev–Trinajstić information content (AvgIpc) is 3.35. The lowest BCUT2D eigenvalue weighted by Gasteiger charge is -2.19. The van der Waals surface area contributed by atoms with Crippen LogP contribution in [-0.2, 0) is 11.2 Å². The number of amides is 1. The van der Waals surface area contributed by atoms with Gasteiger partial charge in [0.15, 0.2) is 11.5 Å². The molecule has 2 N–H and O–H groups in total. The van der Waals surface area contributed by atoms with Gasteiger partial charge in [0.1, 0.15) is 11.5 Å². The van der Waals surface area contributed by atoms with Crippen molar-refractivity contribution in [3.63, 3.8) is 0 Å². The normalized spacial score (nSPS) is 11.7. The minimum Gasteiger partial charge on any atom is -0.497 e. The first-order valence-electron chi connectivity index (χ1n) is 11.8. The van der Waals surface area contributed by atoms with E-state index in [-0.39, 0.29) is 18.2 Å². The van der Waals surface area contributed by atoms with E-state index in [9.17, 15) is 4.79 Å². The summed E-state index contributed by atoms with van der Waals surface area (Å²) in [4.78, 5) is 16.5. The van der Waals surface area contributed by atoms with Crippen molar-refractivity contribution in [1.29, 1.82) is 0 Å². The van der Waals surface area contributed by atoms with Gasteiger partial charge in [0.25, 0.3) is 0 Å². The fourth-order valence-electron chi connectivity index (χ4n) is 4.46. The van der Waals surface area contributed by atoms with Gasteiger partial charge < -0.3 is 29.2 Å².